The Balaban J connectivity index is 1.34. The molecule has 0 radical (unpaired) electrons. The summed E-state index contributed by atoms with van der Waals surface area (Å²) >= 11 is 0. The van der Waals surface area contributed by atoms with Crippen LogP contribution < -0.4 is 10.1 Å². The Morgan fingerprint density at radius 3 is 2.81 bits per heavy atom. The fraction of sp³-hybridized carbons (Fsp3) is 0.320. The van der Waals surface area contributed by atoms with E-state index in [-0.39, 0.29) is 5.78 Å². The van der Waals surface area contributed by atoms with Crippen LogP contribution in [-0.2, 0) is 13.7 Å². The minimum absolute atomic E-state index is 0.0883. The van der Waals surface area contributed by atoms with E-state index < -0.39 is 0 Å². The highest BCUT2D eigenvalue weighted by atomic mass is 16.5. The molecule has 1 aliphatic heterocycles. The predicted octanol–water partition coefficient (Wildman–Crippen LogP) is 4.38. The van der Waals surface area contributed by atoms with Gasteiger partial charge in [-0.05, 0) is 50.0 Å². The van der Waals surface area contributed by atoms with Crippen LogP contribution in [0, 0.1) is 5.92 Å². The molecule has 0 unspecified atom stereocenters. The Bertz CT molecular complexity index is 1220. The monoisotopic (exact) mass is 430 g/mol. The van der Waals surface area contributed by atoms with Crippen LogP contribution in [0.3, 0.4) is 0 Å². The summed E-state index contributed by atoms with van der Waals surface area (Å²) in [5, 5.41) is 8.60. The topological polar surface area (TPSA) is 82.2 Å². The van der Waals surface area contributed by atoms with Crippen molar-refractivity contribution in [3.8, 4) is 17.2 Å². The van der Waals surface area contributed by atoms with Crippen LogP contribution in [-0.4, -0.2) is 33.6 Å². The van der Waals surface area contributed by atoms with E-state index in [4.69, 9.17) is 9.15 Å². The van der Waals surface area contributed by atoms with Crippen molar-refractivity contribution in [1.82, 2.24) is 20.1 Å². The first kappa shape index (κ1) is 20.5. The van der Waals surface area contributed by atoms with E-state index in [1.165, 1.54) is 0 Å². The highest BCUT2D eigenvalue weighted by Gasteiger charge is 2.22. The van der Waals surface area contributed by atoms with Gasteiger partial charge in [-0.3, -0.25) is 4.79 Å². The SMILES string of the molecule is Cn1nc(C(=O)CC2CCNCC2)c2ccc(OCc3ccccc3-c3ccco3)nc21. The Morgan fingerprint density at radius 2 is 2.00 bits per heavy atom. The Hall–Kier alpha value is -3.45. The number of benzene rings is 1. The molecule has 1 N–H and O–H groups in total. The van der Waals surface area contributed by atoms with Crippen LogP contribution in [0.4, 0.5) is 0 Å². The smallest absolute Gasteiger partial charge is 0.215 e. The second-order valence-electron chi connectivity index (χ2n) is 8.24. The van der Waals surface area contributed by atoms with E-state index in [1.807, 2.05) is 49.5 Å². The maximum Gasteiger partial charge on any atom is 0.215 e. The Morgan fingerprint density at radius 1 is 1.16 bits per heavy atom. The van der Waals surface area contributed by atoms with E-state index >= 15 is 0 Å². The van der Waals surface area contributed by atoms with E-state index in [0.29, 0.717) is 36.2 Å². The molecule has 7 nitrogen and oxygen atoms in total. The normalized spacial score (nSPS) is 14.7. The summed E-state index contributed by atoms with van der Waals surface area (Å²) in [5.41, 5.74) is 3.15. The first-order valence-electron chi connectivity index (χ1n) is 11.0. The number of aromatic nitrogens is 3. The third kappa shape index (κ3) is 4.16. The van der Waals surface area contributed by atoms with Crippen molar-refractivity contribution in [3.05, 3.63) is 66.1 Å². The quantitative estimate of drug-likeness (QED) is 0.438. The zero-order valence-corrected chi connectivity index (χ0v) is 18.1. The van der Waals surface area contributed by atoms with Crippen molar-refractivity contribution < 1.29 is 13.9 Å². The van der Waals surface area contributed by atoms with Gasteiger partial charge in [-0.15, -0.1) is 0 Å². The average Bonchev–Trinajstić information content (AvgIpc) is 3.47. The lowest BCUT2D eigenvalue weighted by molar-refractivity contribution is 0.0948. The number of aryl methyl sites for hydroxylation is 1. The molecule has 0 atom stereocenters. The summed E-state index contributed by atoms with van der Waals surface area (Å²) in [5.74, 6) is 1.80. The largest absolute Gasteiger partial charge is 0.473 e. The number of hydrogen-bond donors (Lipinski definition) is 1. The van der Waals surface area contributed by atoms with Gasteiger partial charge < -0.3 is 14.5 Å². The first-order valence-corrected chi connectivity index (χ1v) is 11.0. The summed E-state index contributed by atoms with van der Waals surface area (Å²) in [6.45, 7) is 2.31. The van der Waals surface area contributed by atoms with Gasteiger partial charge in [0.15, 0.2) is 11.4 Å². The van der Waals surface area contributed by atoms with Crippen molar-refractivity contribution >= 4 is 16.8 Å². The van der Waals surface area contributed by atoms with Crippen molar-refractivity contribution in [2.75, 3.05) is 13.1 Å². The number of nitrogens with zero attached hydrogens (tertiary/aromatic N) is 3. The van der Waals surface area contributed by atoms with Gasteiger partial charge in [0.05, 0.1) is 11.6 Å². The number of rotatable bonds is 7. The highest BCUT2D eigenvalue weighted by molar-refractivity contribution is 6.05. The second kappa shape index (κ2) is 8.96. The average molecular weight is 431 g/mol. The van der Waals surface area contributed by atoms with Gasteiger partial charge in [0.25, 0.3) is 0 Å². The predicted molar refractivity (Wildman–Crippen MR) is 122 cm³/mol. The number of pyridine rings is 1. The molecule has 32 heavy (non-hydrogen) atoms. The maximum absolute atomic E-state index is 12.9. The molecule has 7 heteroatoms. The summed E-state index contributed by atoms with van der Waals surface area (Å²) in [6, 6.07) is 15.5. The molecular weight excluding hydrogens is 404 g/mol. The van der Waals surface area contributed by atoms with Crippen LogP contribution in [0.1, 0.15) is 35.3 Å². The minimum Gasteiger partial charge on any atom is -0.473 e. The standard InChI is InChI=1S/C25H26N4O3/c1-29-25-20(24(28-29)21(30)15-17-10-12-26-13-11-17)8-9-23(27-25)32-16-18-5-2-3-6-19(18)22-7-4-14-31-22/h2-9,14,17,26H,10-13,15-16H2,1H3. The van der Waals surface area contributed by atoms with Crippen LogP contribution in [0.15, 0.2) is 59.2 Å². The molecule has 4 heterocycles. The molecule has 1 saturated heterocycles. The number of Topliss-reactive ketones (excluding diaryl/α,β-unsaturated/α-hetero) is 1. The number of nitrogens with one attached hydrogen (secondary N) is 1. The molecule has 0 spiro atoms. The lowest BCUT2D eigenvalue weighted by Gasteiger charge is -2.21. The molecule has 0 amide bonds. The third-order valence-corrected chi connectivity index (χ3v) is 6.04. The van der Waals surface area contributed by atoms with Gasteiger partial charge in [-0.2, -0.15) is 10.1 Å². The minimum atomic E-state index is 0.0883. The van der Waals surface area contributed by atoms with Crippen molar-refractivity contribution in [2.45, 2.75) is 25.9 Å². The van der Waals surface area contributed by atoms with Crippen molar-refractivity contribution in [1.29, 1.82) is 0 Å². The van der Waals surface area contributed by atoms with E-state index in [9.17, 15) is 4.79 Å². The van der Waals surface area contributed by atoms with Crippen LogP contribution in [0.25, 0.3) is 22.4 Å². The summed E-state index contributed by atoms with van der Waals surface area (Å²) in [6.07, 6.45) is 4.27. The number of ether oxygens (including phenoxy) is 1. The molecule has 164 valence electrons. The fourth-order valence-corrected chi connectivity index (χ4v) is 4.31. The summed E-state index contributed by atoms with van der Waals surface area (Å²) in [7, 11) is 1.81. The number of furan rings is 1. The van der Waals surface area contributed by atoms with E-state index in [0.717, 1.165) is 48.2 Å². The molecule has 0 bridgehead atoms. The second-order valence-corrected chi connectivity index (χ2v) is 8.24. The summed E-state index contributed by atoms with van der Waals surface area (Å²) in [4.78, 5) is 17.5. The molecule has 0 saturated carbocycles. The lowest BCUT2D eigenvalue weighted by atomic mass is 9.91. The van der Waals surface area contributed by atoms with Gasteiger partial charge in [0, 0.05) is 30.7 Å². The maximum atomic E-state index is 12.9. The van der Waals surface area contributed by atoms with Gasteiger partial charge in [0.1, 0.15) is 18.1 Å². The first-order chi connectivity index (χ1) is 15.7. The van der Waals surface area contributed by atoms with Crippen LogP contribution in [0.5, 0.6) is 5.88 Å². The molecule has 1 fully saturated rings. The molecular formula is C25H26N4O3. The number of ketones is 1. The molecule has 1 aliphatic rings. The summed E-state index contributed by atoms with van der Waals surface area (Å²) < 4.78 is 13.2. The van der Waals surface area contributed by atoms with E-state index in [2.05, 4.69) is 15.4 Å². The molecule has 1 aromatic carbocycles. The van der Waals surface area contributed by atoms with Crippen LogP contribution >= 0.6 is 0 Å². The molecule has 5 rings (SSSR count). The zero-order valence-electron chi connectivity index (χ0n) is 18.1. The zero-order chi connectivity index (χ0) is 21.9. The van der Waals surface area contributed by atoms with Gasteiger partial charge in [-0.1, -0.05) is 24.3 Å². The van der Waals surface area contributed by atoms with Gasteiger partial charge in [0.2, 0.25) is 5.88 Å². The third-order valence-electron chi connectivity index (χ3n) is 6.04. The van der Waals surface area contributed by atoms with Crippen molar-refractivity contribution in [3.63, 3.8) is 0 Å². The Labute approximate surface area is 186 Å². The Kier molecular flexibility index (Phi) is 5.73. The highest BCUT2D eigenvalue weighted by Crippen LogP contribution is 2.27. The molecule has 4 aromatic rings. The number of carbonyl (C=O) groups is 1. The number of hydrogen-bond acceptors (Lipinski definition) is 6. The molecule has 0 aliphatic carbocycles. The number of carbonyl (C=O) groups excluding carboxylic acids is 1. The molecule has 3 aromatic heterocycles. The van der Waals surface area contributed by atoms with Crippen molar-refractivity contribution in [2.24, 2.45) is 13.0 Å². The van der Waals surface area contributed by atoms with Gasteiger partial charge in [-0.25, -0.2) is 4.68 Å². The van der Waals surface area contributed by atoms with Crippen LogP contribution in [0.2, 0.25) is 0 Å². The number of fused-ring (bicyclic) bond motifs is 1. The van der Waals surface area contributed by atoms with E-state index in [1.54, 1.807) is 17.0 Å². The fourth-order valence-electron chi connectivity index (χ4n) is 4.31. The van der Waals surface area contributed by atoms with Gasteiger partial charge >= 0.3 is 0 Å². The number of piperidine rings is 1. The lowest BCUT2D eigenvalue weighted by Crippen LogP contribution is -2.29.